The van der Waals surface area contributed by atoms with Crippen molar-refractivity contribution in [2.24, 2.45) is 0 Å². The highest BCUT2D eigenvalue weighted by Gasteiger charge is 2.37. The number of rotatable bonds is 5. The van der Waals surface area contributed by atoms with Crippen LogP contribution in [-0.4, -0.2) is 49.9 Å². The maximum absolute atomic E-state index is 9.80. The van der Waals surface area contributed by atoms with Crippen LogP contribution in [0.25, 0.3) is 0 Å². The first-order chi connectivity index (χ1) is 12.2. The van der Waals surface area contributed by atoms with E-state index in [4.69, 9.17) is 4.74 Å². The molecule has 0 spiro atoms. The average molecular weight is 349 g/mol. The molecule has 4 nitrogen and oxygen atoms in total. The molecule has 1 aromatic rings. The van der Waals surface area contributed by atoms with Crippen LogP contribution < -0.4 is 5.32 Å². The van der Waals surface area contributed by atoms with Gasteiger partial charge in [0.15, 0.2) is 0 Å². The standard InChI is InChI=1S/C17H27NO.C4H9NO/c1-3-4-13-18(2)17(11-6-5-7-12-17)15-9-8-10-16(19)14-15;1-3-6-4-2-5-1/h8-10,14,19H,3-7,11-13H2,1-2H3;5H,1-4H2. The van der Waals surface area contributed by atoms with Gasteiger partial charge in [0, 0.05) is 18.6 Å². The molecule has 3 rings (SSSR count). The van der Waals surface area contributed by atoms with Crippen LogP contribution in [0.15, 0.2) is 24.3 Å². The Hall–Kier alpha value is -1.10. The Morgan fingerprint density at radius 3 is 2.40 bits per heavy atom. The van der Waals surface area contributed by atoms with Gasteiger partial charge in [-0.1, -0.05) is 44.7 Å². The van der Waals surface area contributed by atoms with Gasteiger partial charge in [0.25, 0.3) is 0 Å². The van der Waals surface area contributed by atoms with Gasteiger partial charge < -0.3 is 15.2 Å². The van der Waals surface area contributed by atoms with E-state index in [1.807, 2.05) is 12.1 Å². The molecular formula is C21H36N2O2. The molecule has 1 aliphatic carbocycles. The van der Waals surface area contributed by atoms with Gasteiger partial charge in [-0.15, -0.1) is 0 Å². The predicted molar refractivity (Wildman–Crippen MR) is 104 cm³/mol. The maximum atomic E-state index is 9.80. The molecule has 0 amide bonds. The number of hydrogen-bond acceptors (Lipinski definition) is 4. The van der Waals surface area contributed by atoms with Crippen molar-refractivity contribution in [3.05, 3.63) is 29.8 Å². The van der Waals surface area contributed by atoms with E-state index < -0.39 is 0 Å². The Kier molecular flexibility index (Phi) is 8.73. The normalized spacial score (nSPS) is 20.0. The number of nitrogens with zero attached hydrogens (tertiary/aromatic N) is 1. The van der Waals surface area contributed by atoms with Crippen molar-refractivity contribution < 1.29 is 9.84 Å². The van der Waals surface area contributed by atoms with Crippen LogP contribution in [0, 0.1) is 0 Å². The van der Waals surface area contributed by atoms with E-state index in [1.165, 1.54) is 50.5 Å². The minimum atomic E-state index is 0.145. The number of morpholine rings is 1. The lowest BCUT2D eigenvalue weighted by molar-refractivity contribution is 0.0710. The topological polar surface area (TPSA) is 44.7 Å². The molecule has 1 heterocycles. The quantitative estimate of drug-likeness (QED) is 0.847. The van der Waals surface area contributed by atoms with Gasteiger partial charge in [-0.3, -0.25) is 4.90 Å². The smallest absolute Gasteiger partial charge is 0.115 e. The summed E-state index contributed by atoms with van der Waals surface area (Å²) in [5, 5.41) is 13.0. The van der Waals surface area contributed by atoms with Gasteiger partial charge in [-0.05, 0) is 50.6 Å². The lowest BCUT2D eigenvalue weighted by Gasteiger charge is -2.45. The molecular weight excluding hydrogens is 312 g/mol. The molecule has 0 unspecified atom stereocenters. The van der Waals surface area contributed by atoms with Crippen molar-refractivity contribution in [2.75, 3.05) is 39.9 Å². The molecule has 0 bridgehead atoms. The number of nitrogens with one attached hydrogen (secondary N) is 1. The van der Waals surface area contributed by atoms with Crippen molar-refractivity contribution in [3.63, 3.8) is 0 Å². The molecule has 1 saturated heterocycles. The summed E-state index contributed by atoms with van der Waals surface area (Å²) in [4.78, 5) is 2.53. The van der Waals surface area contributed by atoms with Crippen LogP contribution in [0.1, 0.15) is 57.4 Å². The second kappa shape index (κ2) is 10.8. The fraction of sp³-hybridized carbons (Fsp3) is 0.714. The first-order valence-corrected chi connectivity index (χ1v) is 9.98. The Morgan fingerprint density at radius 2 is 1.88 bits per heavy atom. The molecule has 0 radical (unpaired) electrons. The largest absolute Gasteiger partial charge is 0.508 e. The number of benzene rings is 1. The number of ether oxygens (including phenoxy) is 1. The van der Waals surface area contributed by atoms with E-state index in [0.717, 1.165) is 32.8 Å². The van der Waals surface area contributed by atoms with E-state index in [-0.39, 0.29) is 5.54 Å². The lowest BCUT2D eigenvalue weighted by Crippen LogP contribution is -2.45. The number of unbranched alkanes of at least 4 members (excludes halogenated alkanes) is 1. The highest BCUT2D eigenvalue weighted by atomic mass is 16.5. The third-order valence-electron chi connectivity index (χ3n) is 5.49. The van der Waals surface area contributed by atoms with Crippen molar-refractivity contribution in [1.29, 1.82) is 0 Å². The molecule has 142 valence electrons. The first-order valence-electron chi connectivity index (χ1n) is 9.98. The summed E-state index contributed by atoms with van der Waals surface area (Å²) >= 11 is 0. The van der Waals surface area contributed by atoms with E-state index in [9.17, 15) is 5.11 Å². The molecule has 0 atom stereocenters. The monoisotopic (exact) mass is 348 g/mol. The predicted octanol–water partition coefficient (Wildman–Crippen LogP) is 3.89. The van der Waals surface area contributed by atoms with Gasteiger partial charge in [-0.25, -0.2) is 0 Å². The summed E-state index contributed by atoms with van der Waals surface area (Å²) in [7, 11) is 2.25. The minimum Gasteiger partial charge on any atom is -0.508 e. The molecule has 1 aliphatic heterocycles. The third kappa shape index (κ3) is 5.98. The summed E-state index contributed by atoms with van der Waals surface area (Å²) in [6.07, 6.45) is 8.87. The van der Waals surface area contributed by atoms with Crippen LogP contribution in [0.3, 0.4) is 0 Å². The van der Waals surface area contributed by atoms with Gasteiger partial charge in [-0.2, -0.15) is 0 Å². The van der Waals surface area contributed by atoms with Gasteiger partial charge in [0.05, 0.1) is 13.2 Å². The Morgan fingerprint density at radius 1 is 1.16 bits per heavy atom. The average Bonchev–Trinajstić information content (AvgIpc) is 2.68. The van der Waals surface area contributed by atoms with E-state index in [2.05, 4.69) is 30.3 Å². The number of aromatic hydroxyl groups is 1. The molecule has 2 N–H and O–H groups in total. The number of hydrogen-bond donors (Lipinski definition) is 2. The number of phenolic OH excluding ortho intramolecular Hbond substituents is 1. The van der Waals surface area contributed by atoms with Crippen LogP contribution in [0.4, 0.5) is 0 Å². The Bertz CT molecular complexity index is 471. The highest BCUT2D eigenvalue weighted by molar-refractivity contribution is 5.33. The molecule has 1 aromatic carbocycles. The number of phenols is 1. The zero-order valence-corrected chi connectivity index (χ0v) is 16.1. The van der Waals surface area contributed by atoms with Crippen molar-refractivity contribution in [1.82, 2.24) is 10.2 Å². The Labute approximate surface area is 153 Å². The van der Waals surface area contributed by atoms with Crippen LogP contribution >= 0.6 is 0 Å². The molecule has 2 fully saturated rings. The third-order valence-corrected chi connectivity index (χ3v) is 5.49. The zero-order valence-electron chi connectivity index (χ0n) is 16.1. The van der Waals surface area contributed by atoms with Gasteiger partial charge in [0.2, 0.25) is 0 Å². The minimum absolute atomic E-state index is 0.145. The van der Waals surface area contributed by atoms with Crippen molar-refractivity contribution in [3.8, 4) is 5.75 Å². The fourth-order valence-electron chi connectivity index (χ4n) is 3.95. The van der Waals surface area contributed by atoms with Crippen LogP contribution in [-0.2, 0) is 10.3 Å². The summed E-state index contributed by atoms with van der Waals surface area (Å²) in [6.45, 7) is 7.22. The van der Waals surface area contributed by atoms with Crippen molar-refractivity contribution >= 4 is 0 Å². The fourth-order valence-corrected chi connectivity index (χ4v) is 3.95. The van der Waals surface area contributed by atoms with E-state index in [1.54, 1.807) is 6.07 Å². The summed E-state index contributed by atoms with van der Waals surface area (Å²) in [5.74, 6) is 0.395. The lowest BCUT2D eigenvalue weighted by atomic mass is 9.75. The van der Waals surface area contributed by atoms with Crippen molar-refractivity contribution in [2.45, 2.75) is 57.4 Å². The van der Waals surface area contributed by atoms with E-state index >= 15 is 0 Å². The molecule has 2 aliphatic rings. The maximum Gasteiger partial charge on any atom is 0.115 e. The summed E-state index contributed by atoms with van der Waals surface area (Å²) < 4.78 is 5.01. The molecule has 25 heavy (non-hydrogen) atoms. The van der Waals surface area contributed by atoms with Crippen LogP contribution in [0.2, 0.25) is 0 Å². The molecule has 4 heteroatoms. The van der Waals surface area contributed by atoms with Gasteiger partial charge >= 0.3 is 0 Å². The summed E-state index contributed by atoms with van der Waals surface area (Å²) in [5.41, 5.74) is 1.44. The van der Waals surface area contributed by atoms with Gasteiger partial charge in [0.1, 0.15) is 5.75 Å². The zero-order chi connectivity index (χ0) is 18.0. The second-order valence-corrected chi connectivity index (χ2v) is 7.28. The first kappa shape index (κ1) is 20.2. The van der Waals surface area contributed by atoms with Crippen LogP contribution in [0.5, 0.6) is 5.75 Å². The molecule has 0 aromatic heterocycles. The Balaban J connectivity index is 0.000000316. The molecule has 1 saturated carbocycles. The second-order valence-electron chi connectivity index (χ2n) is 7.28. The summed E-state index contributed by atoms with van der Waals surface area (Å²) in [6, 6.07) is 7.90. The SMILES string of the molecule is C1COCCN1.CCCCN(C)C1(c2cccc(O)c2)CCCCC1. The van der Waals surface area contributed by atoms with E-state index in [0.29, 0.717) is 5.75 Å². The highest BCUT2D eigenvalue weighted by Crippen LogP contribution is 2.42.